The molecule has 0 bridgehead atoms. The van der Waals surface area contributed by atoms with E-state index in [1.807, 2.05) is 0 Å². The summed E-state index contributed by atoms with van der Waals surface area (Å²) in [6.07, 6.45) is 0. The molecular formula is C42H47N2P2+. The van der Waals surface area contributed by atoms with Gasteiger partial charge in [0.1, 0.15) is 10.6 Å². The van der Waals surface area contributed by atoms with Gasteiger partial charge < -0.3 is 9.80 Å². The van der Waals surface area contributed by atoms with Crippen molar-refractivity contribution in [3.63, 3.8) is 0 Å². The second-order valence-corrected chi connectivity index (χ2v) is 19.4. The number of benzene rings is 6. The van der Waals surface area contributed by atoms with Gasteiger partial charge in [0.15, 0.2) is 0 Å². The Hall–Kier alpha value is -3.70. The third-order valence-corrected chi connectivity index (χ3v) is 15.7. The summed E-state index contributed by atoms with van der Waals surface area (Å²) in [4.78, 5) is 4.91. The van der Waals surface area contributed by atoms with Gasteiger partial charge in [0.05, 0.1) is 31.0 Å². The zero-order valence-electron chi connectivity index (χ0n) is 28.5. The highest BCUT2D eigenvalue weighted by molar-refractivity contribution is 7.90. The van der Waals surface area contributed by atoms with Gasteiger partial charge in [-0.3, -0.25) is 0 Å². The van der Waals surface area contributed by atoms with Crippen molar-refractivity contribution in [1.29, 1.82) is 0 Å². The van der Waals surface area contributed by atoms with Gasteiger partial charge in [0.2, 0.25) is 0 Å². The third-order valence-electron chi connectivity index (χ3n) is 9.63. The molecule has 0 amide bonds. The van der Waals surface area contributed by atoms with Gasteiger partial charge in [-0.1, -0.05) is 101 Å². The molecule has 4 heteroatoms. The van der Waals surface area contributed by atoms with E-state index in [4.69, 9.17) is 0 Å². The van der Waals surface area contributed by atoms with Crippen LogP contribution >= 0.6 is 15.8 Å². The molecule has 234 valence electrons. The van der Waals surface area contributed by atoms with Crippen LogP contribution in [0.5, 0.6) is 0 Å². The summed E-state index contributed by atoms with van der Waals surface area (Å²) in [6.45, 7) is 14.3. The van der Waals surface area contributed by atoms with Gasteiger partial charge in [0.25, 0.3) is 0 Å². The van der Waals surface area contributed by atoms with E-state index in [-0.39, 0.29) is 0 Å². The molecule has 6 rings (SSSR count). The Labute approximate surface area is 278 Å². The number of para-hydroxylation sites is 2. The highest BCUT2D eigenvalue weighted by Crippen LogP contribution is 2.61. The van der Waals surface area contributed by atoms with Crippen molar-refractivity contribution in [2.45, 2.75) is 45.9 Å². The van der Waals surface area contributed by atoms with Crippen LogP contribution < -0.4 is 25.7 Å². The Morgan fingerprint density at radius 1 is 0.522 bits per heavy atom. The molecule has 6 aromatic rings. The Balaban J connectivity index is 1.62. The van der Waals surface area contributed by atoms with Gasteiger partial charge in [-0.2, -0.15) is 0 Å². The highest BCUT2D eigenvalue weighted by atomic mass is 31.2. The lowest BCUT2D eigenvalue weighted by molar-refractivity contribution is 1.09. The Morgan fingerprint density at radius 2 is 1.00 bits per heavy atom. The van der Waals surface area contributed by atoms with E-state index in [0.717, 1.165) is 8.58 Å². The van der Waals surface area contributed by atoms with Crippen LogP contribution in [0.15, 0.2) is 121 Å². The average Bonchev–Trinajstić information content (AvgIpc) is 3.06. The molecule has 46 heavy (non-hydrogen) atoms. The molecule has 0 aromatic heterocycles. The van der Waals surface area contributed by atoms with E-state index in [9.17, 15) is 0 Å². The molecule has 2 nitrogen and oxygen atoms in total. The molecule has 0 saturated heterocycles. The van der Waals surface area contributed by atoms with Crippen LogP contribution in [0.1, 0.15) is 33.3 Å². The van der Waals surface area contributed by atoms with E-state index < -0.39 is 7.26 Å². The van der Waals surface area contributed by atoms with Gasteiger partial charge >= 0.3 is 0 Å². The highest BCUT2D eigenvalue weighted by Gasteiger charge is 2.46. The maximum Gasteiger partial charge on any atom is 0.123 e. The minimum absolute atomic E-state index is 0.431. The normalized spacial score (nSPS) is 13.3. The zero-order valence-corrected chi connectivity index (χ0v) is 30.4. The molecule has 0 spiro atoms. The SMILES string of the molecule is Cc1ccccc1N(C)c1ccccc1[P+](C)(c1cc2ccccc2cc1N(C)c1cc2ccccc2cc1PC(C)C)C(C)C. The van der Waals surface area contributed by atoms with Crippen molar-refractivity contribution in [2.75, 3.05) is 30.6 Å². The number of rotatable bonds is 9. The molecule has 6 aromatic carbocycles. The molecular weight excluding hydrogens is 594 g/mol. The first-order valence-electron chi connectivity index (χ1n) is 16.4. The molecule has 0 N–H and O–H groups in total. The third kappa shape index (κ3) is 5.95. The second-order valence-electron chi connectivity index (χ2n) is 13.3. The predicted molar refractivity (Wildman–Crippen MR) is 212 cm³/mol. The number of nitrogens with zero attached hydrogens (tertiary/aromatic N) is 2. The molecule has 0 radical (unpaired) electrons. The van der Waals surface area contributed by atoms with E-state index in [1.54, 1.807) is 0 Å². The van der Waals surface area contributed by atoms with Gasteiger partial charge in [-0.05, 0) is 101 Å². The summed E-state index contributed by atoms with van der Waals surface area (Å²) in [5, 5.41) is 9.52. The van der Waals surface area contributed by atoms with E-state index in [1.165, 1.54) is 65.8 Å². The monoisotopic (exact) mass is 641 g/mol. The van der Waals surface area contributed by atoms with Crippen molar-refractivity contribution in [2.24, 2.45) is 0 Å². The number of hydrogen-bond donors (Lipinski definition) is 0. The van der Waals surface area contributed by atoms with Gasteiger partial charge in [-0.25, -0.2) is 0 Å². The molecule has 0 heterocycles. The fraction of sp³-hybridized carbons (Fsp3) is 0.238. The van der Waals surface area contributed by atoms with Crippen LogP contribution in [0.3, 0.4) is 0 Å². The summed E-state index contributed by atoms with van der Waals surface area (Å²) in [7, 11) is 3.29. The Morgan fingerprint density at radius 3 is 1.59 bits per heavy atom. The number of anilines is 4. The van der Waals surface area contributed by atoms with Crippen LogP contribution in [0, 0.1) is 6.92 Å². The number of aryl methyl sites for hydroxylation is 1. The fourth-order valence-electron chi connectivity index (χ4n) is 6.82. The lowest BCUT2D eigenvalue weighted by Crippen LogP contribution is -2.34. The maximum atomic E-state index is 2.57. The van der Waals surface area contributed by atoms with Crippen LogP contribution in [0.4, 0.5) is 22.7 Å². The van der Waals surface area contributed by atoms with Crippen LogP contribution in [-0.4, -0.2) is 32.1 Å². The van der Waals surface area contributed by atoms with E-state index in [0.29, 0.717) is 11.3 Å². The minimum atomic E-state index is -1.96. The van der Waals surface area contributed by atoms with Crippen LogP contribution in [0.25, 0.3) is 21.5 Å². The largest absolute Gasteiger partial charge is 0.341 e. The molecule has 0 saturated carbocycles. The first kappa shape index (κ1) is 32.2. The maximum absolute atomic E-state index is 2.57. The van der Waals surface area contributed by atoms with E-state index >= 15 is 0 Å². The Bertz CT molecular complexity index is 2010. The Kier molecular flexibility index (Phi) is 9.25. The smallest absolute Gasteiger partial charge is 0.123 e. The predicted octanol–water partition coefficient (Wildman–Crippen LogP) is 10.6. The standard InChI is InChI=1S/C42H47N2P2/c1-29(2)45-40-27-34-20-12-10-18-32(34)25-38(40)44(7)39-26-33-19-11-13-21-35(33)28-42(39)46(8,30(3)4)41-24-16-15-23-37(41)43(6)36-22-14-9-17-31(36)5/h9-30,45H,1-8H3/q+1. The molecule has 2 unspecified atom stereocenters. The van der Waals surface area contributed by atoms with Gasteiger partial charge in [0, 0.05) is 25.5 Å². The first-order chi connectivity index (χ1) is 22.1. The molecule has 0 aliphatic carbocycles. The molecule has 0 aliphatic rings. The van der Waals surface area contributed by atoms with Crippen LogP contribution in [-0.2, 0) is 0 Å². The summed E-state index contributed by atoms with van der Waals surface area (Å²) < 4.78 is 0. The summed E-state index contributed by atoms with van der Waals surface area (Å²) in [6, 6.07) is 45.4. The first-order valence-corrected chi connectivity index (χ1v) is 19.8. The van der Waals surface area contributed by atoms with Crippen LogP contribution in [0.2, 0.25) is 0 Å². The van der Waals surface area contributed by atoms with Crippen molar-refractivity contribution >= 4 is 76.1 Å². The van der Waals surface area contributed by atoms with Crippen molar-refractivity contribution < 1.29 is 0 Å². The second kappa shape index (κ2) is 13.2. The number of fused-ring (bicyclic) bond motifs is 2. The van der Waals surface area contributed by atoms with Crippen molar-refractivity contribution in [3.05, 3.63) is 127 Å². The zero-order chi connectivity index (χ0) is 32.6. The quantitative estimate of drug-likeness (QED) is 0.145. The molecule has 0 fully saturated rings. The number of hydrogen-bond acceptors (Lipinski definition) is 2. The summed E-state index contributed by atoms with van der Waals surface area (Å²) >= 11 is 0. The molecule has 2 atom stereocenters. The van der Waals surface area contributed by atoms with Crippen molar-refractivity contribution in [1.82, 2.24) is 0 Å². The fourth-order valence-corrected chi connectivity index (χ4v) is 11.6. The van der Waals surface area contributed by atoms with Gasteiger partial charge in [-0.15, -0.1) is 0 Å². The molecule has 0 aliphatic heterocycles. The lowest BCUT2D eigenvalue weighted by Gasteiger charge is -2.35. The average molecular weight is 642 g/mol. The minimum Gasteiger partial charge on any atom is -0.341 e. The summed E-state index contributed by atoms with van der Waals surface area (Å²) in [5.41, 5.74) is 7.45. The topological polar surface area (TPSA) is 6.48 Å². The van der Waals surface area contributed by atoms with E-state index in [2.05, 4.69) is 187 Å². The summed E-state index contributed by atoms with van der Waals surface area (Å²) in [5.74, 6) is 0. The van der Waals surface area contributed by atoms with Crippen molar-refractivity contribution in [3.8, 4) is 0 Å². The lowest BCUT2D eigenvalue weighted by atomic mass is 10.1.